The molecule has 0 saturated carbocycles. The molecule has 1 amide bonds. The molecular weight excluding hydrogens is 345 g/mol. The first-order chi connectivity index (χ1) is 10.9. The van der Waals surface area contributed by atoms with Crippen LogP contribution >= 0.6 is 23.2 Å². The molecule has 1 aromatic heterocycles. The Morgan fingerprint density at radius 2 is 1.96 bits per heavy atom. The van der Waals surface area contributed by atoms with Gasteiger partial charge in [-0.2, -0.15) is 0 Å². The van der Waals surface area contributed by atoms with Crippen molar-refractivity contribution in [1.82, 2.24) is 4.98 Å². The van der Waals surface area contributed by atoms with Crippen LogP contribution in [0, 0.1) is 17.0 Å². The van der Waals surface area contributed by atoms with Crippen LogP contribution in [0.5, 0.6) is 5.75 Å². The Bertz CT molecular complexity index is 747. The van der Waals surface area contributed by atoms with Crippen molar-refractivity contribution in [2.24, 2.45) is 0 Å². The number of anilines is 1. The molecule has 0 fully saturated rings. The highest BCUT2D eigenvalue weighted by atomic mass is 35.5. The second-order valence-electron chi connectivity index (χ2n) is 4.46. The third-order valence-electron chi connectivity index (χ3n) is 2.74. The van der Waals surface area contributed by atoms with Gasteiger partial charge in [0.2, 0.25) is 5.75 Å². The molecule has 0 bridgehead atoms. The van der Waals surface area contributed by atoms with Gasteiger partial charge in [0.25, 0.3) is 5.91 Å². The Hall–Kier alpha value is -2.38. The number of hydrogen-bond donors (Lipinski definition) is 1. The molecule has 0 aliphatic carbocycles. The molecule has 1 N–H and O–H groups in total. The number of carbonyl (C=O) groups excluding carboxylic acids is 1. The molecule has 2 aromatic rings. The van der Waals surface area contributed by atoms with Crippen LogP contribution in [0.15, 0.2) is 30.3 Å². The number of aryl methyl sites for hydroxylation is 1. The second kappa shape index (κ2) is 7.26. The van der Waals surface area contributed by atoms with Gasteiger partial charge in [0, 0.05) is 6.92 Å². The Labute approximate surface area is 141 Å². The molecule has 0 unspecified atom stereocenters. The number of nitrogens with one attached hydrogen (secondary N) is 1. The van der Waals surface area contributed by atoms with Crippen LogP contribution in [-0.4, -0.2) is 22.4 Å². The summed E-state index contributed by atoms with van der Waals surface area (Å²) in [5.41, 5.74) is 0.720. The Kier molecular flexibility index (Phi) is 5.36. The zero-order valence-corrected chi connectivity index (χ0v) is 13.4. The first kappa shape index (κ1) is 17.0. The van der Waals surface area contributed by atoms with Crippen LogP contribution in [0.1, 0.15) is 5.69 Å². The first-order valence-electron chi connectivity index (χ1n) is 6.37. The predicted octanol–water partition coefficient (Wildman–Crippen LogP) is 3.62. The van der Waals surface area contributed by atoms with Gasteiger partial charge >= 0.3 is 5.82 Å². The molecule has 9 heteroatoms. The smallest absolute Gasteiger partial charge is 0.406 e. The lowest BCUT2D eigenvalue weighted by Crippen LogP contribution is -2.21. The second-order valence-corrected chi connectivity index (χ2v) is 5.28. The van der Waals surface area contributed by atoms with Crippen LogP contribution in [0.2, 0.25) is 10.0 Å². The van der Waals surface area contributed by atoms with E-state index >= 15 is 0 Å². The van der Waals surface area contributed by atoms with Gasteiger partial charge in [0.1, 0.15) is 5.69 Å². The van der Waals surface area contributed by atoms with Gasteiger partial charge < -0.3 is 20.2 Å². The van der Waals surface area contributed by atoms with Crippen molar-refractivity contribution in [1.29, 1.82) is 0 Å². The normalized spacial score (nSPS) is 10.2. The Balaban J connectivity index is 2.07. The molecule has 2 rings (SSSR count). The number of carbonyl (C=O) groups is 1. The summed E-state index contributed by atoms with van der Waals surface area (Å²) in [5.74, 6) is -1.11. The average molecular weight is 356 g/mol. The molecule has 0 saturated heterocycles. The third-order valence-corrected chi connectivity index (χ3v) is 3.37. The largest absolute Gasteiger partial charge is 0.476 e. The minimum absolute atomic E-state index is 0.0963. The number of benzene rings is 1. The van der Waals surface area contributed by atoms with E-state index in [9.17, 15) is 14.9 Å². The highest BCUT2D eigenvalue weighted by molar-refractivity contribution is 6.39. The van der Waals surface area contributed by atoms with Gasteiger partial charge in [-0.15, -0.1) is 0 Å². The Morgan fingerprint density at radius 1 is 1.30 bits per heavy atom. The van der Waals surface area contributed by atoms with Gasteiger partial charge in [-0.3, -0.25) is 4.79 Å². The molecule has 0 aliphatic rings. The number of pyridine rings is 1. The molecule has 0 spiro atoms. The summed E-state index contributed by atoms with van der Waals surface area (Å²) in [7, 11) is 0. The van der Waals surface area contributed by atoms with Crippen LogP contribution in [0.3, 0.4) is 0 Å². The maximum Gasteiger partial charge on any atom is 0.406 e. The number of nitrogens with zero attached hydrogens (tertiary/aromatic N) is 2. The van der Waals surface area contributed by atoms with Gasteiger partial charge in [0.15, 0.2) is 6.61 Å². The standard InChI is InChI=1S/C14H11Cl2N3O4/c1-8-5-6-11(14(17-8)19(21)22)23-7-12(20)18-13-9(15)3-2-4-10(13)16/h2-6H,7H2,1H3,(H,18,20). The summed E-state index contributed by atoms with van der Waals surface area (Å²) in [6, 6.07) is 7.71. The van der Waals surface area contributed by atoms with Crippen LogP contribution in [0.4, 0.5) is 11.5 Å². The lowest BCUT2D eigenvalue weighted by Gasteiger charge is -2.10. The van der Waals surface area contributed by atoms with Crippen molar-refractivity contribution < 1.29 is 14.5 Å². The zero-order valence-electron chi connectivity index (χ0n) is 11.9. The monoisotopic (exact) mass is 355 g/mol. The maximum absolute atomic E-state index is 11.9. The number of ether oxygens (including phenoxy) is 1. The van der Waals surface area contributed by atoms with E-state index in [2.05, 4.69) is 10.3 Å². The topological polar surface area (TPSA) is 94.4 Å². The summed E-state index contributed by atoms with van der Waals surface area (Å²) in [6.07, 6.45) is 0. The van der Waals surface area contributed by atoms with Crippen LogP contribution in [0.25, 0.3) is 0 Å². The minimum atomic E-state index is -0.675. The Morgan fingerprint density at radius 3 is 2.57 bits per heavy atom. The number of para-hydroxylation sites is 1. The van der Waals surface area contributed by atoms with Gasteiger partial charge in [0.05, 0.1) is 15.7 Å². The van der Waals surface area contributed by atoms with Gasteiger partial charge in [-0.05, 0) is 34.2 Å². The van der Waals surface area contributed by atoms with Crippen molar-refractivity contribution in [2.75, 3.05) is 11.9 Å². The van der Waals surface area contributed by atoms with Crippen LogP contribution < -0.4 is 10.1 Å². The molecule has 0 aliphatic heterocycles. The van der Waals surface area contributed by atoms with E-state index in [0.717, 1.165) is 0 Å². The van der Waals surface area contributed by atoms with E-state index in [0.29, 0.717) is 5.69 Å². The molecule has 120 valence electrons. The summed E-state index contributed by atoms with van der Waals surface area (Å²) < 4.78 is 5.16. The third kappa shape index (κ3) is 4.30. The molecular formula is C14H11Cl2N3O4. The average Bonchev–Trinajstić information content (AvgIpc) is 2.49. The van der Waals surface area contributed by atoms with Gasteiger partial charge in [-0.1, -0.05) is 29.3 Å². The van der Waals surface area contributed by atoms with E-state index < -0.39 is 23.3 Å². The van der Waals surface area contributed by atoms with Crippen molar-refractivity contribution >= 4 is 40.6 Å². The predicted molar refractivity (Wildman–Crippen MR) is 86.2 cm³/mol. The summed E-state index contributed by atoms with van der Waals surface area (Å²) in [4.78, 5) is 25.9. The van der Waals surface area contributed by atoms with Crippen molar-refractivity contribution in [3.63, 3.8) is 0 Å². The summed E-state index contributed by atoms with van der Waals surface area (Å²) in [6.45, 7) is 1.16. The summed E-state index contributed by atoms with van der Waals surface area (Å²) >= 11 is 11.9. The van der Waals surface area contributed by atoms with E-state index in [4.69, 9.17) is 27.9 Å². The fourth-order valence-corrected chi connectivity index (χ4v) is 2.20. The number of halogens is 2. The van der Waals surface area contributed by atoms with E-state index in [1.807, 2.05) is 0 Å². The summed E-state index contributed by atoms with van der Waals surface area (Å²) in [5, 5.41) is 14.0. The maximum atomic E-state index is 11.9. The van der Waals surface area contributed by atoms with Gasteiger partial charge in [-0.25, -0.2) is 0 Å². The molecule has 0 radical (unpaired) electrons. The zero-order chi connectivity index (χ0) is 17.0. The number of rotatable bonds is 5. The molecule has 7 nitrogen and oxygen atoms in total. The van der Waals surface area contributed by atoms with E-state index in [-0.39, 0.29) is 21.5 Å². The lowest BCUT2D eigenvalue weighted by molar-refractivity contribution is -0.390. The van der Waals surface area contributed by atoms with Crippen molar-refractivity contribution in [3.05, 3.63) is 56.2 Å². The molecule has 1 heterocycles. The van der Waals surface area contributed by atoms with Crippen molar-refractivity contribution in [3.8, 4) is 5.75 Å². The lowest BCUT2D eigenvalue weighted by atomic mass is 10.3. The SMILES string of the molecule is Cc1ccc(OCC(=O)Nc2c(Cl)cccc2Cl)c([N+](=O)[O-])n1. The quantitative estimate of drug-likeness (QED) is 0.652. The highest BCUT2D eigenvalue weighted by Crippen LogP contribution is 2.30. The fraction of sp³-hybridized carbons (Fsp3) is 0.143. The van der Waals surface area contributed by atoms with E-state index in [1.165, 1.54) is 6.07 Å². The number of nitro groups is 1. The number of hydrogen-bond acceptors (Lipinski definition) is 5. The fourth-order valence-electron chi connectivity index (χ4n) is 1.71. The van der Waals surface area contributed by atoms with Crippen molar-refractivity contribution in [2.45, 2.75) is 6.92 Å². The van der Waals surface area contributed by atoms with Crippen LogP contribution in [-0.2, 0) is 4.79 Å². The molecule has 0 atom stereocenters. The van der Waals surface area contributed by atoms with E-state index in [1.54, 1.807) is 31.2 Å². The number of aromatic nitrogens is 1. The highest BCUT2D eigenvalue weighted by Gasteiger charge is 2.19. The first-order valence-corrected chi connectivity index (χ1v) is 7.13. The minimum Gasteiger partial charge on any atom is -0.476 e. The molecule has 23 heavy (non-hydrogen) atoms. The molecule has 1 aromatic carbocycles. The number of amides is 1.